The van der Waals surface area contributed by atoms with E-state index in [-0.39, 0.29) is 18.3 Å². The number of halogens is 3. The third-order valence-electron chi connectivity index (χ3n) is 4.71. The normalized spacial score (nSPS) is 11.4. The van der Waals surface area contributed by atoms with Crippen LogP contribution in [-0.2, 0) is 6.61 Å². The van der Waals surface area contributed by atoms with Gasteiger partial charge >= 0.3 is 6.36 Å². The molecule has 4 rings (SSSR count). The van der Waals surface area contributed by atoms with E-state index in [0.29, 0.717) is 22.4 Å². The van der Waals surface area contributed by atoms with Gasteiger partial charge in [0.15, 0.2) is 0 Å². The molecule has 0 unspecified atom stereocenters. The molecule has 0 spiro atoms. The van der Waals surface area contributed by atoms with Gasteiger partial charge < -0.3 is 14.8 Å². The van der Waals surface area contributed by atoms with Crippen molar-refractivity contribution in [2.45, 2.75) is 13.0 Å². The number of hydrogen-bond donors (Lipinski definition) is 1. The number of ether oxygens (including phenoxy) is 2. The summed E-state index contributed by atoms with van der Waals surface area (Å²) in [6, 6.07) is 18.1. The van der Waals surface area contributed by atoms with E-state index in [1.807, 2.05) is 22.8 Å². The number of amides is 1. The molecule has 0 fully saturated rings. The van der Waals surface area contributed by atoms with Gasteiger partial charge in [-0.15, -0.1) is 13.2 Å². The summed E-state index contributed by atoms with van der Waals surface area (Å²) in [5.74, 6) is 0.154. The molecule has 1 N–H and O–H groups in total. The van der Waals surface area contributed by atoms with E-state index < -0.39 is 6.36 Å². The number of hydrogen-bond acceptors (Lipinski definition) is 4. The fourth-order valence-electron chi connectivity index (χ4n) is 3.16. The van der Waals surface area contributed by atoms with Crippen LogP contribution in [0.25, 0.3) is 16.7 Å². The zero-order valence-corrected chi connectivity index (χ0v) is 16.9. The molecule has 4 aromatic rings. The average Bonchev–Trinajstić information content (AvgIpc) is 3.20. The first-order valence-electron chi connectivity index (χ1n) is 9.59. The van der Waals surface area contributed by atoms with Gasteiger partial charge in [-0.1, -0.05) is 12.1 Å². The number of aromatic nitrogens is 2. The standard InChI is InChI=1S/C23H18F3N3O3/c1-27-22(30)16-4-11-21-20(12-16)28-14-29(21)17-5-9-18(10-6-17)31-13-15-2-7-19(8-3-15)32-23(24,25)26/h2-12,14H,13H2,1H3,(H,27,30). The first kappa shape index (κ1) is 21.2. The molecule has 164 valence electrons. The maximum absolute atomic E-state index is 12.2. The molecule has 0 saturated carbocycles. The molecule has 1 aromatic heterocycles. The molecule has 1 amide bonds. The van der Waals surface area contributed by atoms with Crippen molar-refractivity contribution in [3.8, 4) is 17.2 Å². The van der Waals surface area contributed by atoms with Gasteiger partial charge in [-0.2, -0.15) is 0 Å². The molecule has 0 aliphatic carbocycles. The van der Waals surface area contributed by atoms with Gasteiger partial charge in [0.05, 0.1) is 11.0 Å². The monoisotopic (exact) mass is 441 g/mol. The fraction of sp³-hybridized carbons (Fsp3) is 0.130. The van der Waals surface area contributed by atoms with Gasteiger partial charge in [-0.3, -0.25) is 9.36 Å². The average molecular weight is 441 g/mol. The maximum Gasteiger partial charge on any atom is 0.573 e. The van der Waals surface area contributed by atoms with E-state index in [2.05, 4.69) is 15.0 Å². The van der Waals surface area contributed by atoms with Crippen LogP contribution >= 0.6 is 0 Å². The molecule has 0 saturated heterocycles. The second-order valence-electron chi connectivity index (χ2n) is 6.87. The van der Waals surface area contributed by atoms with Crippen LogP contribution in [0, 0.1) is 0 Å². The van der Waals surface area contributed by atoms with E-state index in [1.54, 1.807) is 37.6 Å². The Labute approximate surface area is 181 Å². The molecule has 9 heteroatoms. The zero-order valence-electron chi connectivity index (χ0n) is 16.9. The minimum Gasteiger partial charge on any atom is -0.489 e. The van der Waals surface area contributed by atoms with Crippen molar-refractivity contribution in [2.75, 3.05) is 7.05 Å². The topological polar surface area (TPSA) is 65.4 Å². The quantitative estimate of drug-likeness (QED) is 0.464. The molecular formula is C23H18F3N3O3. The number of alkyl halides is 3. The maximum atomic E-state index is 12.2. The van der Waals surface area contributed by atoms with Crippen molar-refractivity contribution < 1.29 is 27.4 Å². The Morgan fingerprint density at radius 1 is 1.00 bits per heavy atom. The highest BCUT2D eigenvalue weighted by Crippen LogP contribution is 2.24. The van der Waals surface area contributed by atoms with Crippen LogP contribution in [0.1, 0.15) is 15.9 Å². The number of nitrogens with one attached hydrogen (secondary N) is 1. The summed E-state index contributed by atoms with van der Waals surface area (Å²) in [7, 11) is 1.58. The van der Waals surface area contributed by atoms with Gasteiger partial charge in [0.25, 0.3) is 5.91 Å². The molecule has 32 heavy (non-hydrogen) atoms. The molecule has 1 heterocycles. The molecule has 0 atom stereocenters. The summed E-state index contributed by atoms with van der Waals surface area (Å²) in [5, 5.41) is 2.59. The van der Waals surface area contributed by atoms with Crippen LogP contribution in [0.15, 0.2) is 73.1 Å². The Balaban J connectivity index is 1.43. The van der Waals surface area contributed by atoms with Gasteiger partial charge in [0.2, 0.25) is 0 Å². The zero-order chi connectivity index (χ0) is 22.7. The van der Waals surface area contributed by atoms with Crippen molar-refractivity contribution in [3.63, 3.8) is 0 Å². The van der Waals surface area contributed by atoms with Crippen molar-refractivity contribution in [3.05, 3.63) is 84.2 Å². The first-order chi connectivity index (χ1) is 15.3. The summed E-state index contributed by atoms with van der Waals surface area (Å²) < 4.78 is 48.1. The van der Waals surface area contributed by atoms with E-state index >= 15 is 0 Å². The minimum atomic E-state index is -4.72. The summed E-state index contributed by atoms with van der Waals surface area (Å²) >= 11 is 0. The second kappa shape index (κ2) is 8.62. The van der Waals surface area contributed by atoms with Crippen molar-refractivity contribution in [1.29, 1.82) is 0 Å². The largest absolute Gasteiger partial charge is 0.573 e. The van der Waals surface area contributed by atoms with Crippen LogP contribution in [0.5, 0.6) is 11.5 Å². The second-order valence-corrected chi connectivity index (χ2v) is 6.87. The number of benzene rings is 3. The Morgan fingerprint density at radius 2 is 1.69 bits per heavy atom. The number of imidazole rings is 1. The van der Waals surface area contributed by atoms with Crippen LogP contribution < -0.4 is 14.8 Å². The Bertz CT molecular complexity index is 1230. The van der Waals surface area contributed by atoms with E-state index in [9.17, 15) is 18.0 Å². The Kier molecular flexibility index (Phi) is 5.72. The number of rotatable bonds is 6. The molecule has 6 nitrogen and oxygen atoms in total. The lowest BCUT2D eigenvalue weighted by molar-refractivity contribution is -0.274. The predicted octanol–water partition coefficient (Wildman–Crippen LogP) is 4.86. The van der Waals surface area contributed by atoms with Gasteiger partial charge in [-0.05, 0) is 60.2 Å². The molecule has 3 aromatic carbocycles. The van der Waals surface area contributed by atoms with Crippen LogP contribution in [0.4, 0.5) is 13.2 Å². The summed E-state index contributed by atoms with van der Waals surface area (Å²) in [5.41, 5.74) is 3.65. The Hall–Kier alpha value is -4.01. The van der Waals surface area contributed by atoms with E-state index in [0.717, 1.165) is 11.2 Å². The predicted molar refractivity (Wildman–Crippen MR) is 112 cm³/mol. The third-order valence-corrected chi connectivity index (χ3v) is 4.71. The lowest BCUT2D eigenvalue weighted by atomic mass is 10.2. The highest BCUT2D eigenvalue weighted by Gasteiger charge is 2.30. The SMILES string of the molecule is CNC(=O)c1ccc2c(c1)ncn2-c1ccc(OCc2ccc(OC(F)(F)F)cc2)cc1. The molecule has 0 radical (unpaired) electrons. The summed E-state index contributed by atoms with van der Waals surface area (Å²) in [6.45, 7) is 0.196. The third kappa shape index (κ3) is 4.83. The van der Waals surface area contributed by atoms with Crippen molar-refractivity contribution in [1.82, 2.24) is 14.9 Å². The van der Waals surface area contributed by atoms with Crippen LogP contribution in [0.3, 0.4) is 0 Å². The lowest BCUT2D eigenvalue weighted by Gasteiger charge is -2.10. The molecule has 0 aliphatic rings. The number of fused-ring (bicyclic) bond motifs is 1. The molecule has 0 bridgehead atoms. The van der Waals surface area contributed by atoms with Crippen LogP contribution in [-0.4, -0.2) is 28.9 Å². The summed E-state index contributed by atoms with van der Waals surface area (Å²) in [4.78, 5) is 16.2. The lowest BCUT2D eigenvalue weighted by Crippen LogP contribution is -2.17. The number of carbonyl (C=O) groups excluding carboxylic acids is 1. The van der Waals surface area contributed by atoms with Gasteiger partial charge in [-0.25, -0.2) is 4.98 Å². The number of nitrogens with zero attached hydrogens (tertiary/aromatic N) is 2. The smallest absolute Gasteiger partial charge is 0.489 e. The van der Waals surface area contributed by atoms with Gasteiger partial charge in [0, 0.05) is 18.3 Å². The van der Waals surface area contributed by atoms with Crippen molar-refractivity contribution >= 4 is 16.9 Å². The van der Waals surface area contributed by atoms with Gasteiger partial charge in [0.1, 0.15) is 24.4 Å². The highest BCUT2D eigenvalue weighted by molar-refractivity contribution is 5.97. The first-order valence-corrected chi connectivity index (χ1v) is 9.59. The highest BCUT2D eigenvalue weighted by atomic mass is 19.4. The number of carbonyl (C=O) groups is 1. The minimum absolute atomic E-state index is 0.175. The van der Waals surface area contributed by atoms with Crippen LogP contribution in [0.2, 0.25) is 0 Å². The summed E-state index contributed by atoms with van der Waals surface area (Å²) in [6.07, 6.45) is -3.04. The molecular weight excluding hydrogens is 423 g/mol. The molecule has 0 aliphatic heterocycles. The fourth-order valence-corrected chi connectivity index (χ4v) is 3.16. The van der Waals surface area contributed by atoms with E-state index in [1.165, 1.54) is 24.3 Å². The van der Waals surface area contributed by atoms with Crippen molar-refractivity contribution in [2.24, 2.45) is 0 Å². The van der Waals surface area contributed by atoms with E-state index in [4.69, 9.17) is 4.74 Å². The Morgan fingerprint density at radius 3 is 2.34 bits per heavy atom.